The largest absolute Gasteiger partial charge is 0.478 e. The minimum atomic E-state index is -1.06. The van der Waals surface area contributed by atoms with E-state index in [9.17, 15) is 9.59 Å². The van der Waals surface area contributed by atoms with Crippen LogP contribution in [0.15, 0.2) is 18.2 Å². The third kappa shape index (κ3) is 2.87. The maximum Gasteiger partial charge on any atom is 0.335 e. The number of anilines is 2. The molecule has 0 atom stereocenters. The number of aromatic carboxylic acids is 1. The lowest BCUT2D eigenvalue weighted by Gasteiger charge is -2.24. The highest BCUT2D eigenvalue weighted by molar-refractivity contribution is 5.92. The lowest BCUT2D eigenvalue weighted by molar-refractivity contribution is -0.121. The highest BCUT2D eigenvalue weighted by Gasteiger charge is 2.25. The number of benzene rings is 1. The van der Waals surface area contributed by atoms with Crippen LogP contribution in [-0.4, -0.2) is 22.5 Å². The molecule has 17 heavy (non-hydrogen) atoms. The topological polar surface area (TPSA) is 118 Å². The fourth-order valence-electron chi connectivity index (χ4n) is 1.21. The van der Waals surface area contributed by atoms with Crippen molar-refractivity contribution in [2.45, 2.75) is 19.4 Å². The number of rotatable bonds is 4. The van der Waals surface area contributed by atoms with Gasteiger partial charge in [0.05, 0.1) is 16.9 Å². The van der Waals surface area contributed by atoms with Crippen LogP contribution in [0.4, 0.5) is 11.4 Å². The van der Waals surface area contributed by atoms with Gasteiger partial charge in [-0.25, -0.2) is 4.79 Å². The molecule has 1 aromatic rings. The summed E-state index contributed by atoms with van der Waals surface area (Å²) in [4.78, 5) is 21.8. The molecule has 0 bridgehead atoms. The number of primary amides is 1. The van der Waals surface area contributed by atoms with Crippen LogP contribution in [0.3, 0.4) is 0 Å². The fraction of sp³-hybridized carbons (Fsp3) is 0.273. The third-order valence-corrected chi connectivity index (χ3v) is 2.36. The second-order valence-electron chi connectivity index (χ2n) is 4.22. The van der Waals surface area contributed by atoms with Crippen LogP contribution in [0.2, 0.25) is 0 Å². The van der Waals surface area contributed by atoms with Crippen LogP contribution in [0, 0.1) is 0 Å². The van der Waals surface area contributed by atoms with E-state index < -0.39 is 17.4 Å². The molecule has 0 aromatic heterocycles. The Balaban J connectivity index is 3.02. The molecule has 6 nitrogen and oxygen atoms in total. The number of carbonyl (C=O) groups excluding carboxylic acids is 1. The van der Waals surface area contributed by atoms with Crippen LogP contribution in [0.1, 0.15) is 24.2 Å². The summed E-state index contributed by atoms with van der Waals surface area (Å²) in [6.45, 7) is 3.22. The van der Waals surface area contributed by atoms with Gasteiger partial charge in [-0.05, 0) is 32.0 Å². The van der Waals surface area contributed by atoms with Crippen molar-refractivity contribution in [3.05, 3.63) is 23.8 Å². The molecular weight excluding hydrogens is 222 g/mol. The summed E-state index contributed by atoms with van der Waals surface area (Å²) in [6, 6.07) is 4.23. The van der Waals surface area contributed by atoms with Crippen molar-refractivity contribution in [3.8, 4) is 0 Å². The Morgan fingerprint density at radius 3 is 2.35 bits per heavy atom. The number of carbonyl (C=O) groups is 2. The molecule has 0 aliphatic heterocycles. The first-order chi connectivity index (χ1) is 7.74. The minimum absolute atomic E-state index is 0.0879. The van der Waals surface area contributed by atoms with E-state index in [1.54, 1.807) is 13.8 Å². The zero-order valence-corrected chi connectivity index (χ0v) is 9.65. The van der Waals surface area contributed by atoms with Gasteiger partial charge in [0.2, 0.25) is 5.91 Å². The number of carboxylic acid groups (broad SMARTS) is 1. The predicted octanol–water partition coefficient (Wildman–Crippen LogP) is 0.643. The van der Waals surface area contributed by atoms with E-state index in [1.165, 1.54) is 18.2 Å². The third-order valence-electron chi connectivity index (χ3n) is 2.36. The number of nitrogens with one attached hydrogen (secondary N) is 1. The van der Waals surface area contributed by atoms with Gasteiger partial charge in [0, 0.05) is 0 Å². The van der Waals surface area contributed by atoms with E-state index in [1.807, 2.05) is 0 Å². The summed E-state index contributed by atoms with van der Waals surface area (Å²) >= 11 is 0. The predicted molar refractivity (Wildman–Crippen MR) is 64.7 cm³/mol. The van der Waals surface area contributed by atoms with Crippen molar-refractivity contribution in [1.82, 2.24) is 0 Å². The van der Waals surface area contributed by atoms with Crippen molar-refractivity contribution in [1.29, 1.82) is 0 Å². The number of hydrogen-bond acceptors (Lipinski definition) is 4. The molecule has 0 spiro atoms. The van der Waals surface area contributed by atoms with E-state index in [0.717, 1.165) is 0 Å². The lowest BCUT2D eigenvalue weighted by atomic mass is 10.0. The molecule has 0 radical (unpaired) electrons. The maximum atomic E-state index is 11.1. The number of hydrogen-bond donors (Lipinski definition) is 4. The zero-order chi connectivity index (χ0) is 13.2. The van der Waals surface area contributed by atoms with Crippen LogP contribution in [0.5, 0.6) is 0 Å². The molecule has 1 aromatic carbocycles. The number of amides is 1. The Morgan fingerprint density at radius 1 is 1.35 bits per heavy atom. The highest BCUT2D eigenvalue weighted by atomic mass is 16.4. The van der Waals surface area contributed by atoms with Crippen LogP contribution in [0.25, 0.3) is 0 Å². The summed E-state index contributed by atoms with van der Waals surface area (Å²) in [6.07, 6.45) is 0. The standard InChI is InChI=1S/C11H15N3O3/c1-11(2,10(13)17)14-8-4-3-6(9(15)16)5-7(8)12/h3-5,14H,12H2,1-2H3,(H2,13,17)(H,15,16). The van der Waals surface area contributed by atoms with Crippen molar-refractivity contribution in [3.63, 3.8) is 0 Å². The van der Waals surface area contributed by atoms with Gasteiger partial charge < -0.3 is 21.9 Å². The minimum Gasteiger partial charge on any atom is -0.478 e. The molecule has 0 fully saturated rings. The molecule has 0 saturated heterocycles. The number of nitrogen functional groups attached to an aromatic ring is 1. The average molecular weight is 237 g/mol. The van der Waals surface area contributed by atoms with Gasteiger partial charge in [-0.3, -0.25) is 4.79 Å². The van der Waals surface area contributed by atoms with Gasteiger partial charge in [-0.2, -0.15) is 0 Å². The van der Waals surface area contributed by atoms with Crippen molar-refractivity contribution in [2.75, 3.05) is 11.1 Å². The zero-order valence-electron chi connectivity index (χ0n) is 9.65. The second kappa shape index (κ2) is 4.32. The first-order valence-corrected chi connectivity index (χ1v) is 4.95. The normalized spacial score (nSPS) is 10.9. The molecular formula is C11H15N3O3. The Bertz CT molecular complexity index is 469. The quantitative estimate of drug-likeness (QED) is 0.573. The summed E-state index contributed by atoms with van der Waals surface area (Å²) < 4.78 is 0. The fourth-order valence-corrected chi connectivity index (χ4v) is 1.21. The smallest absolute Gasteiger partial charge is 0.335 e. The molecule has 92 valence electrons. The van der Waals surface area contributed by atoms with Gasteiger partial charge in [-0.15, -0.1) is 0 Å². The van der Waals surface area contributed by atoms with Gasteiger partial charge >= 0.3 is 5.97 Å². The van der Waals surface area contributed by atoms with Crippen molar-refractivity contribution >= 4 is 23.3 Å². The molecule has 0 saturated carbocycles. The molecule has 1 amide bonds. The number of nitrogens with two attached hydrogens (primary N) is 2. The van der Waals surface area contributed by atoms with Gasteiger partial charge in [0.1, 0.15) is 5.54 Å². The van der Waals surface area contributed by atoms with E-state index in [4.69, 9.17) is 16.6 Å². The average Bonchev–Trinajstić information content (AvgIpc) is 2.20. The summed E-state index contributed by atoms with van der Waals surface area (Å²) in [5.74, 6) is -1.59. The molecule has 6 heteroatoms. The van der Waals surface area contributed by atoms with E-state index in [2.05, 4.69) is 5.32 Å². The highest BCUT2D eigenvalue weighted by Crippen LogP contribution is 2.23. The first-order valence-electron chi connectivity index (χ1n) is 4.95. The van der Waals surface area contributed by atoms with E-state index in [0.29, 0.717) is 5.69 Å². The number of carboxylic acids is 1. The Labute approximate surface area is 98.6 Å². The summed E-state index contributed by atoms with van der Waals surface area (Å²) in [5.41, 5.74) is 10.7. The monoisotopic (exact) mass is 237 g/mol. The Kier molecular flexibility index (Phi) is 3.26. The van der Waals surface area contributed by atoms with E-state index in [-0.39, 0.29) is 11.3 Å². The van der Waals surface area contributed by atoms with Gasteiger partial charge in [0.25, 0.3) is 0 Å². The lowest BCUT2D eigenvalue weighted by Crippen LogP contribution is -2.45. The first kappa shape index (κ1) is 12.8. The molecule has 0 aliphatic rings. The Morgan fingerprint density at radius 2 is 1.94 bits per heavy atom. The van der Waals surface area contributed by atoms with Crippen LogP contribution in [-0.2, 0) is 4.79 Å². The van der Waals surface area contributed by atoms with Crippen LogP contribution < -0.4 is 16.8 Å². The van der Waals surface area contributed by atoms with Crippen molar-refractivity contribution in [2.24, 2.45) is 5.73 Å². The van der Waals surface area contributed by atoms with Crippen LogP contribution >= 0.6 is 0 Å². The maximum absolute atomic E-state index is 11.1. The molecule has 0 unspecified atom stereocenters. The molecule has 0 aliphatic carbocycles. The second-order valence-corrected chi connectivity index (χ2v) is 4.22. The van der Waals surface area contributed by atoms with Gasteiger partial charge in [0.15, 0.2) is 0 Å². The summed E-state index contributed by atoms with van der Waals surface area (Å²) in [5, 5.41) is 11.6. The molecule has 1 rings (SSSR count). The Hall–Kier alpha value is -2.24. The van der Waals surface area contributed by atoms with Crippen molar-refractivity contribution < 1.29 is 14.7 Å². The molecule has 0 heterocycles. The SMILES string of the molecule is CC(C)(Nc1ccc(C(=O)O)cc1N)C(N)=O. The van der Waals surface area contributed by atoms with E-state index >= 15 is 0 Å². The van der Waals surface area contributed by atoms with Gasteiger partial charge in [-0.1, -0.05) is 0 Å². The molecule has 6 N–H and O–H groups in total. The summed E-state index contributed by atoms with van der Waals surface area (Å²) in [7, 11) is 0.